The zero-order valence-electron chi connectivity index (χ0n) is 11.9. The van der Waals surface area contributed by atoms with Crippen LogP contribution in [-0.2, 0) is 13.5 Å². The molecule has 4 heteroatoms. The molecule has 1 aromatic heterocycles. The molecule has 0 unspecified atom stereocenters. The van der Waals surface area contributed by atoms with Gasteiger partial charge in [-0.3, -0.25) is 9.48 Å². The van der Waals surface area contributed by atoms with E-state index in [0.29, 0.717) is 6.42 Å². The highest BCUT2D eigenvalue weighted by atomic mass is 79.9. The molecule has 0 bridgehead atoms. The summed E-state index contributed by atoms with van der Waals surface area (Å²) in [5, 5.41) is 5.53. The third-order valence-corrected chi connectivity index (χ3v) is 4.14. The quantitative estimate of drug-likeness (QED) is 0.672. The van der Waals surface area contributed by atoms with Crippen molar-refractivity contribution in [3.8, 4) is 0 Å². The Morgan fingerprint density at radius 1 is 1.24 bits per heavy atom. The summed E-state index contributed by atoms with van der Waals surface area (Å²) in [5.41, 5.74) is 3.62. The van der Waals surface area contributed by atoms with Gasteiger partial charge < -0.3 is 0 Å². The molecule has 3 aromatic rings. The molecule has 0 spiro atoms. The second-order valence-electron chi connectivity index (χ2n) is 5.15. The first-order valence-electron chi connectivity index (χ1n) is 6.76. The van der Waals surface area contributed by atoms with Gasteiger partial charge in [-0.05, 0) is 30.7 Å². The van der Waals surface area contributed by atoms with Gasteiger partial charge in [0.15, 0.2) is 5.78 Å². The van der Waals surface area contributed by atoms with Gasteiger partial charge in [-0.1, -0.05) is 40.2 Å². The lowest BCUT2D eigenvalue weighted by Gasteiger charge is -2.04. The summed E-state index contributed by atoms with van der Waals surface area (Å²) in [6.45, 7) is 1.95. The number of ketones is 1. The van der Waals surface area contributed by atoms with Crippen LogP contribution in [0.25, 0.3) is 10.9 Å². The predicted octanol–water partition coefficient (Wildman–Crippen LogP) is 4.07. The minimum absolute atomic E-state index is 0.101. The lowest BCUT2D eigenvalue weighted by atomic mass is 10.0. The third kappa shape index (κ3) is 2.63. The van der Waals surface area contributed by atoms with Crippen molar-refractivity contribution in [2.45, 2.75) is 13.3 Å². The Morgan fingerprint density at radius 2 is 2.00 bits per heavy atom. The molecule has 3 nitrogen and oxygen atoms in total. The standard InChI is InChI=1S/C17H15BrN2O/c1-11-9-12(18)7-8-13(11)17(21)10-15-14-5-3-4-6-16(14)20(2)19-15/h3-9H,10H2,1-2H3. The van der Waals surface area contributed by atoms with Crippen molar-refractivity contribution in [1.82, 2.24) is 9.78 Å². The van der Waals surface area contributed by atoms with E-state index < -0.39 is 0 Å². The number of hydrogen-bond acceptors (Lipinski definition) is 2. The summed E-state index contributed by atoms with van der Waals surface area (Å²) in [5.74, 6) is 0.101. The minimum Gasteiger partial charge on any atom is -0.294 e. The second-order valence-corrected chi connectivity index (χ2v) is 6.06. The number of fused-ring (bicyclic) bond motifs is 1. The molecule has 0 aliphatic carbocycles. The monoisotopic (exact) mass is 342 g/mol. The van der Waals surface area contributed by atoms with Crippen LogP contribution < -0.4 is 0 Å². The number of benzene rings is 2. The first kappa shape index (κ1) is 14.0. The number of carbonyl (C=O) groups excluding carboxylic acids is 1. The maximum absolute atomic E-state index is 12.5. The van der Waals surface area contributed by atoms with Gasteiger partial charge in [-0.25, -0.2) is 0 Å². The molecule has 0 aliphatic rings. The molecule has 0 aliphatic heterocycles. The van der Waals surface area contributed by atoms with Gasteiger partial charge in [0.2, 0.25) is 0 Å². The predicted molar refractivity (Wildman–Crippen MR) is 87.6 cm³/mol. The van der Waals surface area contributed by atoms with Gasteiger partial charge in [0, 0.05) is 22.5 Å². The van der Waals surface area contributed by atoms with Crippen LogP contribution in [0.1, 0.15) is 21.6 Å². The van der Waals surface area contributed by atoms with Crippen molar-refractivity contribution in [3.63, 3.8) is 0 Å². The summed E-state index contributed by atoms with van der Waals surface area (Å²) in [7, 11) is 1.90. The fourth-order valence-electron chi connectivity index (χ4n) is 2.61. The maximum Gasteiger partial charge on any atom is 0.169 e. The molecule has 0 radical (unpaired) electrons. The highest BCUT2D eigenvalue weighted by molar-refractivity contribution is 9.10. The third-order valence-electron chi connectivity index (χ3n) is 3.65. The van der Waals surface area contributed by atoms with Crippen molar-refractivity contribution < 1.29 is 4.79 Å². The molecule has 0 saturated heterocycles. The largest absolute Gasteiger partial charge is 0.294 e. The number of carbonyl (C=O) groups is 1. The highest BCUT2D eigenvalue weighted by Crippen LogP contribution is 2.21. The number of para-hydroxylation sites is 1. The van der Waals surface area contributed by atoms with Crippen LogP contribution in [-0.4, -0.2) is 15.6 Å². The van der Waals surface area contributed by atoms with E-state index in [1.807, 2.05) is 61.1 Å². The van der Waals surface area contributed by atoms with Crippen LogP contribution in [0.4, 0.5) is 0 Å². The van der Waals surface area contributed by atoms with E-state index in [-0.39, 0.29) is 5.78 Å². The molecule has 3 rings (SSSR count). The van der Waals surface area contributed by atoms with Crippen molar-refractivity contribution >= 4 is 32.6 Å². The average Bonchev–Trinajstić information content (AvgIpc) is 2.76. The molecule has 0 amide bonds. The molecule has 21 heavy (non-hydrogen) atoms. The Bertz CT molecular complexity index is 836. The van der Waals surface area contributed by atoms with E-state index in [1.165, 1.54) is 0 Å². The van der Waals surface area contributed by atoms with Gasteiger partial charge in [0.25, 0.3) is 0 Å². The minimum atomic E-state index is 0.101. The first-order chi connectivity index (χ1) is 10.1. The molecule has 1 heterocycles. The lowest BCUT2D eigenvalue weighted by molar-refractivity contribution is 0.0991. The van der Waals surface area contributed by atoms with Crippen LogP contribution in [0.2, 0.25) is 0 Å². The number of hydrogen-bond donors (Lipinski definition) is 0. The summed E-state index contributed by atoms with van der Waals surface area (Å²) < 4.78 is 2.81. The molecular weight excluding hydrogens is 328 g/mol. The number of Topliss-reactive ketones (excluding diaryl/α,β-unsaturated/α-hetero) is 1. The van der Waals surface area contributed by atoms with Gasteiger partial charge in [-0.2, -0.15) is 5.10 Å². The van der Waals surface area contributed by atoms with Crippen LogP contribution >= 0.6 is 15.9 Å². The Kier molecular flexibility index (Phi) is 3.64. The number of rotatable bonds is 3. The van der Waals surface area contributed by atoms with Crippen LogP contribution in [0, 0.1) is 6.92 Å². The number of nitrogens with zero attached hydrogens (tertiary/aromatic N) is 2. The maximum atomic E-state index is 12.5. The van der Waals surface area contributed by atoms with E-state index >= 15 is 0 Å². The first-order valence-corrected chi connectivity index (χ1v) is 7.55. The van der Waals surface area contributed by atoms with Gasteiger partial charge >= 0.3 is 0 Å². The fourth-order valence-corrected chi connectivity index (χ4v) is 3.08. The smallest absolute Gasteiger partial charge is 0.169 e. The van der Waals surface area contributed by atoms with Gasteiger partial charge in [0.1, 0.15) is 0 Å². The Hall–Kier alpha value is -1.94. The summed E-state index contributed by atoms with van der Waals surface area (Å²) >= 11 is 3.42. The molecule has 2 aromatic carbocycles. The molecule has 106 valence electrons. The van der Waals surface area contributed by atoms with Gasteiger partial charge in [-0.15, -0.1) is 0 Å². The van der Waals surface area contributed by atoms with Gasteiger partial charge in [0.05, 0.1) is 17.6 Å². The van der Waals surface area contributed by atoms with Crippen LogP contribution in [0.3, 0.4) is 0 Å². The van der Waals surface area contributed by atoms with E-state index in [0.717, 1.165) is 32.2 Å². The fraction of sp³-hybridized carbons (Fsp3) is 0.176. The number of halogens is 1. The Labute approximate surface area is 131 Å². The van der Waals surface area contributed by atoms with E-state index in [1.54, 1.807) is 0 Å². The molecule has 0 saturated carbocycles. The summed E-state index contributed by atoms with van der Waals surface area (Å²) in [6.07, 6.45) is 0.323. The van der Waals surface area contributed by atoms with Crippen LogP contribution in [0.5, 0.6) is 0 Å². The molecular formula is C17H15BrN2O. The molecule has 0 atom stereocenters. The second kappa shape index (κ2) is 5.45. The van der Waals surface area contributed by atoms with Crippen LogP contribution in [0.15, 0.2) is 46.9 Å². The topological polar surface area (TPSA) is 34.9 Å². The Balaban J connectivity index is 1.97. The van der Waals surface area contributed by atoms with Crippen molar-refractivity contribution in [1.29, 1.82) is 0 Å². The zero-order chi connectivity index (χ0) is 15.0. The SMILES string of the molecule is Cc1cc(Br)ccc1C(=O)Cc1nn(C)c2ccccc12. The number of aryl methyl sites for hydroxylation is 2. The van der Waals surface area contributed by atoms with Crippen molar-refractivity contribution in [2.24, 2.45) is 7.05 Å². The van der Waals surface area contributed by atoms with Crippen molar-refractivity contribution in [3.05, 3.63) is 63.8 Å². The average molecular weight is 343 g/mol. The van der Waals surface area contributed by atoms with E-state index in [9.17, 15) is 4.79 Å². The number of aromatic nitrogens is 2. The summed E-state index contributed by atoms with van der Waals surface area (Å²) in [6, 6.07) is 13.7. The van der Waals surface area contributed by atoms with E-state index in [2.05, 4.69) is 21.0 Å². The molecule has 0 N–H and O–H groups in total. The summed E-state index contributed by atoms with van der Waals surface area (Å²) in [4.78, 5) is 12.5. The Morgan fingerprint density at radius 3 is 2.76 bits per heavy atom. The highest BCUT2D eigenvalue weighted by Gasteiger charge is 2.15. The van der Waals surface area contributed by atoms with E-state index in [4.69, 9.17) is 0 Å². The lowest BCUT2D eigenvalue weighted by Crippen LogP contribution is -2.06. The molecule has 0 fully saturated rings. The van der Waals surface area contributed by atoms with Crippen molar-refractivity contribution in [2.75, 3.05) is 0 Å². The zero-order valence-corrected chi connectivity index (χ0v) is 13.5. The normalized spacial score (nSPS) is 11.0.